The summed E-state index contributed by atoms with van der Waals surface area (Å²) in [6, 6.07) is 8.19. The fraction of sp³-hybridized carbons (Fsp3) is 0.357. The second kappa shape index (κ2) is 5.23. The maximum absolute atomic E-state index is 6.00. The first kappa shape index (κ1) is 12.6. The zero-order valence-electron chi connectivity index (χ0n) is 11.1. The number of benzene rings is 1. The number of nitrogen functional groups attached to an aromatic ring is 1. The predicted octanol–water partition coefficient (Wildman–Crippen LogP) is 2.26. The summed E-state index contributed by atoms with van der Waals surface area (Å²) >= 11 is 0. The van der Waals surface area contributed by atoms with E-state index in [0.29, 0.717) is 12.4 Å². The van der Waals surface area contributed by atoms with E-state index in [2.05, 4.69) is 37.1 Å². The Morgan fingerprint density at radius 1 is 1.17 bits per heavy atom. The summed E-state index contributed by atoms with van der Waals surface area (Å²) in [5.74, 6) is 0.658. The molecule has 0 radical (unpaired) electrons. The third-order valence-electron chi connectivity index (χ3n) is 2.80. The van der Waals surface area contributed by atoms with Crippen molar-refractivity contribution in [3.63, 3.8) is 0 Å². The van der Waals surface area contributed by atoms with Crippen LogP contribution in [0.4, 0.5) is 5.82 Å². The first-order valence-electron chi connectivity index (χ1n) is 6.02. The van der Waals surface area contributed by atoms with Gasteiger partial charge in [0.25, 0.3) is 0 Å². The summed E-state index contributed by atoms with van der Waals surface area (Å²) in [5.41, 5.74) is 10.4. The monoisotopic (exact) mass is 245 g/mol. The van der Waals surface area contributed by atoms with E-state index in [4.69, 9.17) is 10.5 Å². The Kier molecular flexibility index (Phi) is 3.67. The quantitative estimate of drug-likeness (QED) is 0.899. The Bertz CT molecular complexity index is 526. The number of nitrogens with two attached hydrogens (primary N) is 1. The van der Waals surface area contributed by atoms with E-state index < -0.39 is 0 Å². The standard InChI is InChI=1S/C14H19N3O/c1-10-6-11(2)8-13(7-10)17-14(15)9-12(16-17)4-5-18-3/h6-9H,4-5,15H2,1-3H3. The fourth-order valence-electron chi connectivity index (χ4n) is 2.06. The summed E-state index contributed by atoms with van der Waals surface area (Å²) in [5, 5.41) is 4.51. The topological polar surface area (TPSA) is 53.1 Å². The lowest BCUT2D eigenvalue weighted by Crippen LogP contribution is -2.03. The van der Waals surface area contributed by atoms with Gasteiger partial charge < -0.3 is 10.5 Å². The Labute approximate surface area is 107 Å². The molecule has 4 heteroatoms. The van der Waals surface area contributed by atoms with Gasteiger partial charge in [-0.05, 0) is 37.1 Å². The molecule has 1 aromatic carbocycles. The average molecular weight is 245 g/mol. The van der Waals surface area contributed by atoms with Gasteiger partial charge in [-0.1, -0.05) is 6.07 Å². The van der Waals surface area contributed by atoms with Gasteiger partial charge in [-0.2, -0.15) is 5.10 Å². The van der Waals surface area contributed by atoms with Crippen molar-refractivity contribution in [2.45, 2.75) is 20.3 Å². The molecule has 18 heavy (non-hydrogen) atoms. The summed E-state index contributed by atoms with van der Waals surface area (Å²) < 4.78 is 6.83. The second-order valence-corrected chi connectivity index (χ2v) is 4.56. The molecule has 0 unspecified atom stereocenters. The Morgan fingerprint density at radius 3 is 2.44 bits per heavy atom. The molecule has 0 amide bonds. The van der Waals surface area contributed by atoms with E-state index in [1.54, 1.807) is 11.8 Å². The van der Waals surface area contributed by atoms with Gasteiger partial charge in [-0.3, -0.25) is 0 Å². The van der Waals surface area contributed by atoms with Gasteiger partial charge in [-0.25, -0.2) is 4.68 Å². The lowest BCUT2D eigenvalue weighted by molar-refractivity contribution is 0.201. The SMILES string of the molecule is COCCc1cc(N)n(-c2cc(C)cc(C)c2)n1. The van der Waals surface area contributed by atoms with Gasteiger partial charge in [0, 0.05) is 19.6 Å². The van der Waals surface area contributed by atoms with Crippen molar-refractivity contribution in [2.75, 3.05) is 19.5 Å². The lowest BCUT2D eigenvalue weighted by Gasteiger charge is -2.06. The highest BCUT2D eigenvalue weighted by Gasteiger charge is 2.07. The van der Waals surface area contributed by atoms with Crippen molar-refractivity contribution in [1.82, 2.24) is 9.78 Å². The fourth-order valence-corrected chi connectivity index (χ4v) is 2.06. The van der Waals surface area contributed by atoms with Crippen molar-refractivity contribution < 1.29 is 4.74 Å². The van der Waals surface area contributed by atoms with Gasteiger partial charge in [0.15, 0.2) is 0 Å². The van der Waals surface area contributed by atoms with Gasteiger partial charge in [-0.15, -0.1) is 0 Å². The third kappa shape index (κ3) is 2.71. The molecule has 2 rings (SSSR count). The maximum Gasteiger partial charge on any atom is 0.127 e. The maximum atomic E-state index is 6.00. The molecule has 0 saturated heterocycles. The molecule has 4 nitrogen and oxygen atoms in total. The van der Waals surface area contributed by atoms with Crippen LogP contribution in [0.15, 0.2) is 24.3 Å². The van der Waals surface area contributed by atoms with Crippen molar-refractivity contribution >= 4 is 5.82 Å². The normalized spacial score (nSPS) is 10.8. The number of rotatable bonds is 4. The summed E-state index contributed by atoms with van der Waals surface area (Å²) in [6.07, 6.45) is 0.776. The second-order valence-electron chi connectivity index (χ2n) is 4.56. The minimum absolute atomic E-state index is 0.656. The van der Waals surface area contributed by atoms with Crippen LogP contribution in [0.3, 0.4) is 0 Å². The summed E-state index contributed by atoms with van der Waals surface area (Å²) in [7, 11) is 1.68. The number of hydrogen-bond donors (Lipinski definition) is 1. The number of ether oxygens (including phenoxy) is 1. The Morgan fingerprint density at radius 2 is 1.83 bits per heavy atom. The van der Waals surface area contributed by atoms with E-state index >= 15 is 0 Å². The number of aromatic nitrogens is 2. The molecule has 0 bridgehead atoms. The van der Waals surface area contributed by atoms with Crippen molar-refractivity contribution in [3.05, 3.63) is 41.1 Å². The van der Waals surface area contributed by atoms with Gasteiger partial charge in [0.1, 0.15) is 5.82 Å². The zero-order chi connectivity index (χ0) is 13.1. The van der Waals surface area contributed by atoms with Crippen molar-refractivity contribution in [2.24, 2.45) is 0 Å². The molecule has 0 aliphatic heterocycles. The van der Waals surface area contributed by atoms with Crippen LogP contribution in [0.5, 0.6) is 0 Å². The highest BCUT2D eigenvalue weighted by molar-refractivity contribution is 5.46. The van der Waals surface area contributed by atoms with Crippen LogP contribution in [-0.2, 0) is 11.2 Å². The Balaban J connectivity index is 2.34. The zero-order valence-corrected chi connectivity index (χ0v) is 11.1. The van der Waals surface area contributed by atoms with Crippen LogP contribution < -0.4 is 5.73 Å². The molecule has 1 heterocycles. The highest BCUT2D eigenvalue weighted by Crippen LogP contribution is 2.18. The predicted molar refractivity (Wildman–Crippen MR) is 73.0 cm³/mol. The molecular weight excluding hydrogens is 226 g/mol. The van der Waals surface area contributed by atoms with Crippen LogP contribution >= 0.6 is 0 Å². The molecular formula is C14H19N3O. The van der Waals surface area contributed by atoms with Gasteiger partial charge in [0.2, 0.25) is 0 Å². The number of nitrogens with zero attached hydrogens (tertiary/aromatic N) is 2. The molecule has 0 aliphatic carbocycles. The molecule has 0 saturated carbocycles. The minimum atomic E-state index is 0.656. The van der Waals surface area contributed by atoms with Crippen LogP contribution in [0.2, 0.25) is 0 Å². The minimum Gasteiger partial charge on any atom is -0.384 e. The van der Waals surface area contributed by atoms with Crippen molar-refractivity contribution in [1.29, 1.82) is 0 Å². The van der Waals surface area contributed by atoms with Gasteiger partial charge in [0.05, 0.1) is 18.0 Å². The lowest BCUT2D eigenvalue weighted by atomic mass is 10.1. The highest BCUT2D eigenvalue weighted by atomic mass is 16.5. The molecule has 0 aliphatic rings. The van der Waals surface area contributed by atoms with E-state index in [-0.39, 0.29) is 0 Å². The Hall–Kier alpha value is -1.81. The first-order chi connectivity index (χ1) is 8.60. The largest absolute Gasteiger partial charge is 0.384 e. The molecule has 1 aromatic heterocycles. The molecule has 0 spiro atoms. The summed E-state index contributed by atoms with van der Waals surface area (Å²) in [4.78, 5) is 0. The number of hydrogen-bond acceptors (Lipinski definition) is 3. The molecule has 0 fully saturated rings. The molecule has 96 valence electrons. The number of methoxy groups -OCH3 is 1. The smallest absolute Gasteiger partial charge is 0.127 e. The molecule has 2 aromatic rings. The van der Waals surface area contributed by atoms with E-state index in [9.17, 15) is 0 Å². The number of anilines is 1. The van der Waals surface area contributed by atoms with E-state index in [1.165, 1.54) is 11.1 Å². The number of aryl methyl sites for hydroxylation is 2. The third-order valence-corrected chi connectivity index (χ3v) is 2.80. The van der Waals surface area contributed by atoms with Crippen LogP contribution in [0, 0.1) is 13.8 Å². The van der Waals surface area contributed by atoms with Gasteiger partial charge >= 0.3 is 0 Å². The van der Waals surface area contributed by atoms with Crippen LogP contribution in [0.25, 0.3) is 5.69 Å². The molecule has 2 N–H and O–H groups in total. The van der Waals surface area contributed by atoms with Crippen molar-refractivity contribution in [3.8, 4) is 5.69 Å². The van der Waals surface area contributed by atoms with E-state index in [1.807, 2.05) is 6.07 Å². The average Bonchev–Trinajstić information content (AvgIpc) is 2.66. The van der Waals surface area contributed by atoms with Crippen LogP contribution in [0.1, 0.15) is 16.8 Å². The summed E-state index contributed by atoms with van der Waals surface area (Å²) in [6.45, 7) is 4.80. The first-order valence-corrected chi connectivity index (χ1v) is 6.02. The molecule has 0 atom stereocenters. The van der Waals surface area contributed by atoms with E-state index in [0.717, 1.165) is 17.8 Å². The van der Waals surface area contributed by atoms with Crippen LogP contribution in [-0.4, -0.2) is 23.5 Å².